The molecule has 0 radical (unpaired) electrons. The molecular weight excluding hydrogens is 284 g/mol. The quantitative estimate of drug-likeness (QED) is 0.640. The molecule has 90 valence electrons. The molecule has 2 heteroatoms. The van der Waals surface area contributed by atoms with Crippen molar-refractivity contribution in [3.8, 4) is 0 Å². The molecule has 16 heavy (non-hydrogen) atoms. The van der Waals surface area contributed by atoms with E-state index in [0.29, 0.717) is 4.83 Å². The van der Waals surface area contributed by atoms with Crippen LogP contribution in [0, 0.1) is 12.8 Å². The van der Waals surface area contributed by atoms with Gasteiger partial charge in [-0.3, -0.25) is 0 Å². The Labute approximate surface area is 113 Å². The summed E-state index contributed by atoms with van der Waals surface area (Å²) in [7, 11) is 0. The summed E-state index contributed by atoms with van der Waals surface area (Å²) in [4.78, 5) is 0.602. The van der Waals surface area contributed by atoms with Crippen molar-refractivity contribution in [2.24, 2.45) is 5.92 Å². The molecule has 0 fully saturated rings. The van der Waals surface area contributed by atoms with E-state index in [2.05, 4.69) is 48.8 Å². The lowest BCUT2D eigenvalue weighted by atomic mass is 10.0. The third-order valence-electron chi connectivity index (χ3n) is 2.66. The largest absolute Gasteiger partial charge is 0.0890 e. The average molecular weight is 304 g/mol. The minimum atomic E-state index is 0.602. The van der Waals surface area contributed by atoms with Gasteiger partial charge in [0.05, 0.1) is 0 Å². The van der Waals surface area contributed by atoms with Crippen LogP contribution in [0.15, 0.2) is 18.2 Å². The fourth-order valence-electron chi connectivity index (χ4n) is 1.80. The first kappa shape index (κ1) is 14.1. The normalized spacial score (nSPS) is 13.1. The van der Waals surface area contributed by atoms with Crippen molar-refractivity contribution >= 4 is 27.5 Å². The van der Waals surface area contributed by atoms with Crippen LogP contribution in [-0.4, -0.2) is 4.83 Å². The first-order valence-electron chi connectivity index (χ1n) is 5.88. The van der Waals surface area contributed by atoms with E-state index in [4.69, 9.17) is 11.6 Å². The maximum absolute atomic E-state index is 6.20. The van der Waals surface area contributed by atoms with E-state index in [-0.39, 0.29) is 0 Å². The van der Waals surface area contributed by atoms with Crippen molar-refractivity contribution < 1.29 is 0 Å². The monoisotopic (exact) mass is 302 g/mol. The summed E-state index contributed by atoms with van der Waals surface area (Å²) >= 11 is 9.94. The third kappa shape index (κ3) is 4.88. The Morgan fingerprint density at radius 1 is 1.31 bits per heavy atom. The molecule has 1 rings (SSSR count). The number of hydrogen-bond donors (Lipinski definition) is 0. The molecule has 1 aromatic rings. The molecule has 0 amide bonds. The SMILES string of the molecule is Cc1ccc(CCC(Br)CC(C)C)c(Cl)c1. The van der Waals surface area contributed by atoms with Gasteiger partial charge in [0.15, 0.2) is 0 Å². The van der Waals surface area contributed by atoms with Gasteiger partial charge in [-0.15, -0.1) is 0 Å². The van der Waals surface area contributed by atoms with Crippen LogP contribution in [0.1, 0.15) is 37.8 Å². The number of hydrogen-bond acceptors (Lipinski definition) is 0. The van der Waals surface area contributed by atoms with Crippen molar-refractivity contribution in [3.05, 3.63) is 34.3 Å². The van der Waals surface area contributed by atoms with Crippen LogP contribution in [0.5, 0.6) is 0 Å². The molecule has 0 N–H and O–H groups in total. The summed E-state index contributed by atoms with van der Waals surface area (Å²) in [5, 5.41) is 0.907. The highest BCUT2D eigenvalue weighted by Gasteiger charge is 2.08. The minimum absolute atomic E-state index is 0.602. The van der Waals surface area contributed by atoms with E-state index in [1.807, 2.05) is 6.07 Å². The lowest BCUT2D eigenvalue weighted by Crippen LogP contribution is -2.04. The number of rotatable bonds is 5. The Morgan fingerprint density at radius 3 is 2.56 bits per heavy atom. The van der Waals surface area contributed by atoms with Crippen molar-refractivity contribution in [1.82, 2.24) is 0 Å². The van der Waals surface area contributed by atoms with Crippen LogP contribution in [0.4, 0.5) is 0 Å². The smallest absolute Gasteiger partial charge is 0.0440 e. The zero-order chi connectivity index (χ0) is 12.1. The van der Waals surface area contributed by atoms with Crippen LogP contribution < -0.4 is 0 Å². The summed E-state index contributed by atoms with van der Waals surface area (Å²) in [6.45, 7) is 6.59. The van der Waals surface area contributed by atoms with Gasteiger partial charge in [-0.05, 0) is 49.3 Å². The van der Waals surface area contributed by atoms with Crippen molar-refractivity contribution in [1.29, 1.82) is 0 Å². The molecule has 0 aliphatic carbocycles. The van der Waals surface area contributed by atoms with Gasteiger partial charge in [-0.25, -0.2) is 0 Å². The molecule has 0 nitrogen and oxygen atoms in total. The number of halogens is 2. The Morgan fingerprint density at radius 2 is 2.00 bits per heavy atom. The molecular formula is C14H20BrCl. The van der Waals surface area contributed by atoms with Gasteiger partial charge in [0.25, 0.3) is 0 Å². The highest BCUT2D eigenvalue weighted by atomic mass is 79.9. The second-order valence-corrected chi connectivity index (χ2v) is 6.56. The Balaban J connectivity index is 2.48. The second kappa shape index (κ2) is 6.66. The van der Waals surface area contributed by atoms with E-state index in [0.717, 1.165) is 23.8 Å². The highest BCUT2D eigenvalue weighted by Crippen LogP contribution is 2.23. The molecule has 0 aliphatic rings. The summed E-state index contributed by atoms with van der Waals surface area (Å²) in [5.74, 6) is 0.748. The first-order chi connectivity index (χ1) is 7.49. The molecule has 0 aromatic heterocycles. The first-order valence-corrected chi connectivity index (χ1v) is 7.17. The van der Waals surface area contributed by atoms with E-state index < -0.39 is 0 Å². The van der Waals surface area contributed by atoms with Crippen LogP contribution in [0.3, 0.4) is 0 Å². The molecule has 0 saturated carbocycles. The van der Waals surface area contributed by atoms with Crippen LogP contribution in [-0.2, 0) is 6.42 Å². The Kier molecular flexibility index (Phi) is 5.85. The van der Waals surface area contributed by atoms with Gasteiger partial charge in [0.1, 0.15) is 0 Å². The van der Waals surface area contributed by atoms with Crippen molar-refractivity contribution in [2.45, 2.75) is 44.9 Å². The lowest BCUT2D eigenvalue weighted by Gasteiger charge is -2.12. The van der Waals surface area contributed by atoms with Gasteiger partial charge >= 0.3 is 0 Å². The van der Waals surface area contributed by atoms with E-state index >= 15 is 0 Å². The standard InChI is InChI=1S/C14H20BrCl/c1-10(2)8-13(15)7-6-12-5-4-11(3)9-14(12)16/h4-5,9-10,13H,6-8H2,1-3H3. The van der Waals surface area contributed by atoms with Crippen molar-refractivity contribution in [2.75, 3.05) is 0 Å². The fourth-order valence-corrected chi connectivity index (χ4v) is 3.10. The lowest BCUT2D eigenvalue weighted by molar-refractivity contribution is 0.554. The zero-order valence-corrected chi connectivity index (χ0v) is 12.6. The Bertz CT molecular complexity index is 334. The highest BCUT2D eigenvalue weighted by molar-refractivity contribution is 9.09. The molecule has 0 aliphatic heterocycles. The molecule has 0 spiro atoms. The van der Waals surface area contributed by atoms with Gasteiger partial charge in [-0.1, -0.05) is 53.5 Å². The summed E-state index contributed by atoms with van der Waals surface area (Å²) in [6, 6.07) is 6.32. The zero-order valence-electron chi connectivity index (χ0n) is 10.3. The minimum Gasteiger partial charge on any atom is -0.0890 e. The van der Waals surface area contributed by atoms with Crippen LogP contribution in [0.25, 0.3) is 0 Å². The van der Waals surface area contributed by atoms with Gasteiger partial charge < -0.3 is 0 Å². The maximum atomic E-state index is 6.20. The molecule has 0 saturated heterocycles. The summed E-state index contributed by atoms with van der Waals surface area (Å²) in [6.07, 6.45) is 3.44. The van der Waals surface area contributed by atoms with Crippen molar-refractivity contribution in [3.63, 3.8) is 0 Å². The molecule has 1 aromatic carbocycles. The molecule has 0 heterocycles. The Hall–Kier alpha value is -0.0100. The number of alkyl halides is 1. The van der Waals surface area contributed by atoms with E-state index in [1.54, 1.807) is 0 Å². The predicted molar refractivity (Wildman–Crippen MR) is 76.7 cm³/mol. The van der Waals surface area contributed by atoms with Crippen LogP contribution >= 0.6 is 27.5 Å². The molecule has 0 bridgehead atoms. The summed E-state index contributed by atoms with van der Waals surface area (Å²) in [5.41, 5.74) is 2.49. The number of benzene rings is 1. The second-order valence-electron chi connectivity index (χ2n) is 4.86. The fraction of sp³-hybridized carbons (Fsp3) is 0.571. The molecule has 1 atom stereocenters. The summed E-state index contributed by atoms with van der Waals surface area (Å²) < 4.78 is 0. The van der Waals surface area contributed by atoms with Crippen LogP contribution in [0.2, 0.25) is 5.02 Å². The van der Waals surface area contributed by atoms with Gasteiger partial charge in [0.2, 0.25) is 0 Å². The van der Waals surface area contributed by atoms with Gasteiger partial charge in [0, 0.05) is 9.85 Å². The van der Waals surface area contributed by atoms with E-state index in [9.17, 15) is 0 Å². The van der Waals surface area contributed by atoms with Gasteiger partial charge in [-0.2, -0.15) is 0 Å². The predicted octanol–water partition coefficient (Wildman–Crippen LogP) is 5.39. The average Bonchev–Trinajstić information content (AvgIpc) is 2.15. The third-order valence-corrected chi connectivity index (χ3v) is 3.85. The maximum Gasteiger partial charge on any atom is 0.0440 e. The molecule has 1 unspecified atom stereocenters. The topological polar surface area (TPSA) is 0 Å². The van der Waals surface area contributed by atoms with E-state index in [1.165, 1.54) is 17.5 Å². The number of aryl methyl sites for hydroxylation is 2.